The van der Waals surface area contributed by atoms with Crippen molar-refractivity contribution in [2.45, 2.75) is 44.0 Å². The van der Waals surface area contributed by atoms with Gasteiger partial charge in [0.2, 0.25) is 10.0 Å². The minimum atomic E-state index is -3.67. The highest BCUT2D eigenvalue weighted by Gasteiger charge is 2.26. The van der Waals surface area contributed by atoms with E-state index < -0.39 is 15.6 Å². The first-order chi connectivity index (χ1) is 9.78. The van der Waals surface area contributed by atoms with E-state index in [0.29, 0.717) is 29.7 Å². The molecule has 0 bridgehead atoms. The molecule has 21 heavy (non-hydrogen) atoms. The van der Waals surface area contributed by atoms with Crippen LogP contribution in [0.5, 0.6) is 5.75 Å². The van der Waals surface area contributed by atoms with Crippen molar-refractivity contribution in [3.05, 3.63) is 22.7 Å². The fraction of sp³-hybridized carbons (Fsp3) is 0.571. The van der Waals surface area contributed by atoms with Crippen molar-refractivity contribution in [2.75, 3.05) is 13.2 Å². The van der Waals surface area contributed by atoms with Crippen LogP contribution in [-0.4, -0.2) is 27.1 Å². The number of ether oxygens (including phenoxy) is 1. The number of halogens is 1. The fourth-order valence-corrected chi connectivity index (χ4v) is 3.60. The Bertz CT molecular complexity index is 572. The maximum Gasteiger partial charge on any atom is 0.244 e. The summed E-state index contributed by atoms with van der Waals surface area (Å²) in [5, 5.41) is 0. The number of sulfonamides is 1. The first kappa shape index (κ1) is 18.4. The lowest BCUT2D eigenvalue weighted by atomic mass is 9.95. The zero-order valence-electron chi connectivity index (χ0n) is 12.6. The molecule has 5 nitrogen and oxygen atoms in total. The Kier molecular flexibility index (Phi) is 6.65. The molecule has 0 amide bonds. The van der Waals surface area contributed by atoms with Crippen molar-refractivity contribution >= 4 is 26.0 Å². The average molecular weight is 379 g/mol. The van der Waals surface area contributed by atoms with Gasteiger partial charge < -0.3 is 10.5 Å². The molecule has 0 radical (unpaired) electrons. The molecule has 0 aromatic heterocycles. The number of hydrogen-bond donors (Lipinski definition) is 2. The van der Waals surface area contributed by atoms with Crippen molar-refractivity contribution in [3.8, 4) is 5.75 Å². The third kappa shape index (κ3) is 4.95. The Balaban J connectivity index is 3.05. The Morgan fingerprint density at radius 2 is 1.90 bits per heavy atom. The van der Waals surface area contributed by atoms with Gasteiger partial charge in [-0.1, -0.05) is 29.8 Å². The van der Waals surface area contributed by atoms with Crippen molar-refractivity contribution in [2.24, 2.45) is 5.73 Å². The van der Waals surface area contributed by atoms with Gasteiger partial charge in [0.15, 0.2) is 0 Å². The molecule has 1 aromatic carbocycles. The molecular formula is C14H23BrN2O3S. The summed E-state index contributed by atoms with van der Waals surface area (Å²) >= 11 is 3.29. The van der Waals surface area contributed by atoms with Crippen LogP contribution in [0.1, 0.15) is 33.6 Å². The molecule has 0 atom stereocenters. The zero-order chi connectivity index (χ0) is 16.1. The molecule has 3 N–H and O–H groups in total. The van der Waals surface area contributed by atoms with Crippen molar-refractivity contribution in [1.29, 1.82) is 0 Å². The number of rotatable bonds is 8. The average Bonchev–Trinajstić information content (AvgIpc) is 2.47. The van der Waals surface area contributed by atoms with Gasteiger partial charge >= 0.3 is 0 Å². The van der Waals surface area contributed by atoms with Crippen LogP contribution in [0.4, 0.5) is 0 Å². The van der Waals surface area contributed by atoms with Gasteiger partial charge in [0.25, 0.3) is 0 Å². The first-order valence-electron chi connectivity index (χ1n) is 6.99. The molecule has 1 rings (SSSR count). The third-order valence-electron chi connectivity index (χ3n) is 3.52. The second-order valence-corrected chi connectivity index (χ2v) is 7.57. The summed E-state index contributed by atoms with van der Waals surface area (Å²) in [6, 6.07) is 4.91. The van der Waals surface area contributed by atoms with E-state index in [1.54, 1.807) is 12.1 Å². The van der Waals surface area contributed by atoms with E-state index in [2.05, 4.69) is 20.7 Å². The van der Waals surface area contributed by atoms with E-state index >= 15 is 0 Å². The van der Waals surface area contributed by atoms with Crippen molar-refractivity contribution < 1.29 is 13.2 Å². The highest BCUT2D eigenvalue weighted by atomic mass is 79.9. The number of nitrogens with two attached hydrogens (primary N) is 1. The highest BCUT2D eigenvalue weighted by molar-refractivity contribution is 9.10. The van der Waals surface area contributed by atoms with E-state index in [1.807, 2.05) is 20.8 Å². The van der Waals surface area contributed by atoms with E-state index in [4.69, 9.17) is 10.5 Å². The SMILES string of the molecule is CCOc1ccc(Br)cc1S(=O)(=O)NCC(N)(CC)CC. The van der Waals surface area contributed by atoms with Crippen LogP contribution >= 0.6 is 15.9 Å². The van der Waals surface area contributed by atoms with Gasteiger partial charge in [-0.3, -0.25) is 0 Å². The molecule has 0 saturated carbocycles. The van der Waals surface area contributed by atoms with Gasteiger partial charge in [0.1, 0.15) is 10.6 Å². The maximum atomic E-state index is 12.5. The van der Waals surface area contributed by atoms with E-state index in [9.17, 15) is 8.42 Å². The predicted octanol–water partition coefficient (Wildman–Crippen LogP) is 2.64. The molecule has 0 aliphatic heterocycles. The van der Waals surface area contributed by atoms with Crippen LogP contribution in [0, 0.1) is 0 Å². The molecule has 0 fully saturated rings. The third-order valence-corrected chi connectivity index (χ3v) is 5.43. The summed E-state index contributed by atoms with van der Waals surface area (Å²) in [7, 11) is -3.67. The Morgan fingerprint density at radius 1 is 1.29 bits per heavy atom. The fourth-order valence-electron chi connectivity index (χ4n) is 1.78. The number of benzene rings is 1. The smallest absolute Gasteiger partial charge is 0.244 e. The molecular weight excluding hydrogens is 356 g/mol. The van der Waals surface area contributed by atoms with Gasteiger partial charge in [-0.2, -0.15) is 0 Å². The van der Waals surface area contributed by atoms with E-state index in [0.717, 1.165) is 0 Å². The van der Waals surface area contributed by atoms with Gasteiger partial charge in [-0.25, -0.2) is 13.1 Å². The van der Waals surface area contributed by atoms with Crippen LogP contribution in [0.2, 0.25) is 0 Å². The highest BCUT2D eigenvalue weighted by Crippen LogP contribution is 2.27. The van der Waals surface area contributed by atoms with Crippen LogP contribution in [-0.2, 0) is 10.0 Å². The molecule has 0 aliphatic carbocycles. The maximum absolute atomic E-state index is 12.5. The van der Waals surface area contributed by atoms with Gasteiger partial charge in [-0.15, -0.1) is 0 Å². The van der Waals surface area contributed by atoms with Crippen LogP contribution < -0.4 is 15.2 Å². The minimum Gasteiger partial charge on any atom is -0.492 e. The zero-order valence-corrected chi connectivity index (χ0v) is 15.1. The van der Waals surface area contributed by atoms with E-state index in [-0.39, 0.29) is 11.4 Å². The summed E-state index contributed by atoms with van der Waals surface area (Å²) in [5.41, 5.74) is 5.60. The number of nitrogens with one attached hydrogen (secondary N) is 1. The van der Waals surface area contributed by atoms with E-state index in [1.165, 1.54) is 6.07 Å². The lowest BCUT2D eigenvalue weighted by Crippen LogP contribution is -2.49. The molecule has 1 aromatic rings. The Hall–Kier alpha value is -0.630. The molecule has 120 valence electrons. The second kappa shape index (κ2) is 7.58. The van der Waals surface area contributed by atoms with Gasteiger partial charge in [0.05, 0.1) is 6.61 Å². The summed E-state index contributed by atoms with van der Waals surface area (Å²) in [6.45, 7) is 6.30. The monoisotopic (exact) mass is 378 g/mol. The van der Waals surface area contributed by atoms with Crippen LogP contribution in [0.15, 0.2) is 27.6 Å². The number of hydrogen-bond acceptors (Lipinski definition) is 4. The quantitative estimate of drug-likeness (QED) is 0.728. The van der Waals surface area contributed by atoms with Crippen molar-refractivity contribution in [3.63, 3.8) is 0 Å². The van der Waals surface area contributed by atoms with Gasteiger partial charge in [0, 0.05) is 16.6 Å². The topological polar surface area (TPSA) is 81.4 Å². The lowest BCUT2D eigenvalue weighted by molar-refractivity contribution is 0.330. The summed E-state index contributed by atoms with van der Waals surface area (Å²) in [6.07, 6.45) is 1.39. The molecule has 0 saturated heterocycles. The minimum absolute atomic E-state index is 0.119. The normalized spacial score (nSPS) is 12.4. The summed E-state index contributed by atoms with van der Waals surface area (Å²) in [5.74, 6) is 0.337. The van der Waals surface area contributed by atoms with Gasteiger partial charge in [-0.05, 0) is 38.0 Å². The van der Waals surface area contributed by atoms with Crippen LogP contribution in [0.3, 0.4) is 0 Å². The Labute approximate surface area is 135 Å². The standard InChI is InChI=1S/C14H23BrN2O3S/c1-4-14(16,5-2)10-17-21(18,19)13-9-11(15)7-8-12(13)20-6-3/h7-9,17H,4-6,10,16H2,1-3H3. The molecule has 7 heteroatoms. The summed E-state index contributed by atoms with van der Waals surface area (Å²) < 4.78 is 33.6. The second-order valence-electron chi connectivity index (χ2n) is 4.92. The van der Waals surface area contributed by atoms with Crippen molar-refractivity contribution in [1.82, 2.24) is 4.72 Å². The Morgan fingerprint density at radius 3 is 2.43 bits per heavy atom. The predicted molar refractivity (Wildman–Crippen MR) is 88.0 cm³/mol. The lowest BCUT2D eigenvalue weighted by Gasteiger charge is -2.27. The molecule has 0 heterocycles. The molecule has 0 unspecified atom stereocenters. The molecule has 0 aliphatic rings. The van der Waals surface area contributed by atoms with Crippen LogP contribution in [0.25, 0.3) is 0 Å². The largest absolute Gasteiger partial charge is 0.492 e. The summed E-state index contributed by atoms with van der Waals surface area (Å²) in [4.78, 5) is 0.119. The molecule has 0 spiro atoms. The first-order valence-corrected chi connectivity index (χ1v) is 9.26.